The highest BCUT2D eigenvalue weighted by Gasteiger charge is 2.30. The first-order valence-corrected chi connectivity index (χ1v) is 38.1. The summed E-state index contributed by atoms with van der Waals surface area (Å²) < 4.78 is 68.1. The number of phosphoric acid groups is 2. The lowest BCUT2D eigenvalue weighted by molar-refractivity contribution is -0.161. The monoisotopic (exact) mass is 1270 g/mol. The molecule has 5 atom stereocenters. The van der Waals surface area contributed by atoms with Crippen molar-refractivity contribution in [3.05, 3.63) is 0 Å². The van der Waals surface area contributed by atoms with Gasteiger partial charge in [-0.2, -0.15) is 0 Å². The van der Waals surface area contributed by atoms with Gasteiger partial charge in [-0.3, -0.25) is 37.3 Å². The van der Waals surface area contributed by atoms with E-state index in [1.807, 2.05) is 0 Å². The fourth-order valence-corrected chi connectivity index (χ4v) is 11.7. The lowest BCUT2D eigenvalue weighted by Gasteiger charge is -2.21. The zero-order valence-electron chi connectivity index (χ0n) is 55.4. The van der Waals surface area contributed by atoms with Crippen molar-refractivity contribution in [3.63, 3.8) is 0 Å². The Morgan fingerprint density at radius 2 is 0.535 bits per heavy atom. The van der Waals surface area contributed by atoms with Crippen LogP contribution in [0.25, 0.3) is 0 Å². The summed E-state index contributed by atoms with van der Waals surface area (Å²) in [6, 6.07) is 0. The van der Waals surface area contributed by atoms with Crippen molar-refractivity contribution >= 4 is 39.5 Å². The van der Waals surface area contributed by atoms with E-state index >= 15 is 0 Å². The number of carbonyl (C=O) groups is 4. The number of aliphatic hydroxyl groups is 1. The molecule has 0 saturated carbocycles. The van der Waals surface area contributed by atoms with Crippen LogP contribution in [0.1, 0.15) is 343 Å². The maximum absolute atomic E-state index is 13.0. The Kier molecular flexibility index (Phi) is 59.2. The van der Waals surface area contributed by atoms with E-state index in [0.29, 0.717) is 25.7 Å². The second-order valence-corrected chi connectivity index (χ2v) is 27.6. The highest BCUT2D eigenvalue weighted by atomic mass is 31.2. The van der Waals surface area contributed by atoms with Gasteiger partial charge in [0.25, 0.3) is 0 Å². The average molecular weight is 1270 g/mol. The van der Waals surface area contributed by atoms with Crippen LogP contribution in [0.3, 0.4) is 0 Å². The maximum Gasteiger partial charge on any atom is 0.472 e. The van der Waals surface area contributed by atoms with Gasteiger partial charge in [0.2, 0.25) is 0 Å². The van der Waals surface area contributed by atoms with Crippen LogP contribution in [-0.4, -0.2) is 96.7 Å². The molecule has 86 heavy (non-hydrogen) atoms. The molecule has 0 aliphatic rings. The van der Waals surface area contributed by atoms with Crippen molar-refractivity contribution < 1.29 is 80.2 Å². The first-order valence-electron chi connectivity index (χ1n) is 35.1. The molecule has 0 bridgehead atoms. The molecule has 0 aromatic carbocycles. The molecule has 0 aliphatic heterocycles. The molecule has 0 aromatic heterocycles. The topological polar surface area (TPSA) is 237 Å². The number of unbranched alkanes of at least 4 members (excludes halogenated alkanes) is 39. The molecular formula is C67H130O17P2. The lowest BCUT2D eigenvalue weighted by atomic mass is 10.0. The molecule has 0 radical (unpaired) electrons. The number of rotatable bonds is 67. The van der Waals surface area contributed by atoms with Crippen molar-refractivity contribution in [1.82, 2.24) is 0 Å². The summed E-state index contributed by atoms with van der Waals surface area (Å²) in [5, 5.41) is 10.5. The standard InChI is InChI=1S/C67H130O17P2/c1-6-9-12-15-18-21-23-24-25-26-27-28-32-38-43-48-53-67(72)84-63(57-78-65(70)51-46-41-36-33-29-30-34-39-44-49-60(4)5)59-82-86(75,76)80-55-61(68)54-79-85(73,74)81-58-62(56-77-64(69)50-45-40-35-20-17-14-11-8-3)83-66(71)52-47-42-37-31-22-19-16-13-10-7-2/h60-63,68H,6-59H2,1-5H3,(H,73,74)(H,75,76)/t61-,62+,63+/m0/s1. The molecule has 19 heteroatoms. The fourth-order valence-electron chi connectivity index (χ4n) is 10.1. The van der Waals surface area contributed by atoms with E-state index in [4.69, 9.17) is 37.0 Å². The number of phosphoric ester groups is 2. The number of esters is 4. The number of carbonyl (C=O) groups excluding carboxylic acids is 4. The molecule has 0 spiro atoms. The van der Waals surface area contributed by atoms with Gasteiger partial charge in [0, 0.05) is 25.7 Å². The third kappa shape index (κ3) is 60.9. The first kappa shape index (κ1) is 84.1. The minimum Gasteiger partial charge on any atom is -0.462 e. The van der Waals surface area contributed by atoms with Gasteiger partial charge in [-0.15, -0.1) is 0 Å². The van der Waals surface area contributed by atoms with E-state index in [2.05, 4.69) is 34.6 Å². The van der Waals surface area contributed by atoms with Gasteiger partial charge in [-0.1, -0.05) is 291 Å². The van der Waals surface area contributed by atoms with Gasteiger partial charge < -0.3 is 33.8 Å². The zero-order valence-corrected chi connectivity index (χ0v) is 57.2. The van der Waals surface area contributed by atoms with Gasteiger partial charge in [-0.25, -0.2) is 9.13 Å². The Bertz CT molecular complexity index is 1670. The van der Waals surface area contributed by atoms with E-state index in [0.717, 1.165) is 102 Å². The lowest BCUT2D eigenvalue weighted by Crippen LogP contribution is -2.30. The Hall–Kier alpha value is -1.94. The first-order chi connectivity index (χ1) is 41.5. The molecule has 0 saturated heterocycles. The number of ether oxygens (including phenoxy) is 4. The summed E-state index contributed by atoms with van der Waals surface area (Å²) in [6.45, 7) is 7.17. The molecule has 510 valence electrons. The Morgan fingerprint density at radius 3 is 0.791 bits per heavy atom. The summed E-state index contributed by atoms with van der Waals surface area (Å²) >= 11 is 0. The normalized spacial score (nSPS) is 14.2. The van der Waals surface area contributed by atoms with Crippen LogP contribution in [0.5, 0.6) is 0 Å². The Morgan fingerprint density at radius 1 is 0.314 bits per heavy atom. The molecule has 0 heterocycles. The number of hydrogen-bond donors (Lipinski definition) is 3. The molecule has 0 aliphatic carbocycles. The summed E-state index contributed by atoms with van der Waals surface area (Å²) in [5.41, 5.74) is 0. The van der Waals surface area contributed by atoms with Crippen molar-refractivity contribution in [2.24, 2.45) is 5.92 Å². The van der Waals surface area contributed by atoms with Crippen molar-refractivity contribution in [2.45, 2.75) is 361 Å². The Labute approximate surface area is 524 Å². The molecule has 0 amide bonds. The third-order valence-corrected chi connectivity index (χ3v) is 17.4. The van der Waals surface area contributed by atoms with Crippen LogP contribution in [0.2, 0.25) is 0 Å². The molecule has 17 nitrogen and oxygen atoms in total. The van der Waals surface area contributed by atoms with Crippen molar-refractivity contribution in [2.75, 3.05) is 39.6 Å². The largest absolute Gasteiger partial charge is 0.472 e. The third-order valence-electron chi connectivity index (χ3n) is 15.5. The number of hydrogen-bond acceptors (Lipinski definition) is 15. The van der Waals surface area contributed by atoms with Crippen molar-refractivity contribution in [1.29, 1.82) is 0 Å². The van der Waals surface area contributed by atoms with E-state index in [1.54, 1.807) is 0 Å². The summed E-state index contributed by atoms with van der Waals surface area (Å²) in [6.07, 6.45) is 45.8. The molecule has 3 N–H and O–H groups in total. The summed E-state index contributed by atoms with van der Waals surface area (Å²) in [4.78, 5) is 72.3. The van der Waals surface area contributed by atoms with Crippen LogP contribution >= 0.6 is 15.6 Å². The van der Waals surface area contributed by atoms with Gasteiger partial charge in [0.15, 0.2) is 12.2 Å². The molecule has 0 fully saturated rings. The molecular weight excluding hydrogens is 1140 g/mol. The van der Waals surface area contributed by atoms with Crippen LogP contribution in [0, 0.1) is 5.92 Å². The van der Waals surface area contributed by atoms with Crippen molar-refractivity contribution in [3.8, 4) is 0 Å². The minimum atomic E-state index is -4.95. The van der Waals surface area contributed by atoms with E-state index in [9.17, 15) is 43.2 Å². The predicted octanol–water partition coefficient (Wildman–Crippen LogP) is 19.0. The van der Waals surface area contributed by atoms with E-state index < -0.39 is 97.5 Å². The second kappa shape index (κ2) is 60.6. The van der Waals surface area contributed by atoms with Crippen LogP contribution in [0.15, 0.2) is 0 Å². The minimum absolute atomic E-state index is 0.106. The molecule has 2 unspecified atom stereocenters. The summed E-state index contributed by atoms with van der Waals surface area (Å²) in [7, 11) is -9.89. The SMILES string of the molecule is CCCCCCCCCCCCCCCCCCC(=O)O[C@H](COC(=O)CCCCCCCCCCCC(C)C)COP(=O)(O)OC[C@@H](O)COP(=O)(O)OC[C@@H](COC(=O)CCCCCCCCCC)OC(=O)CCCCCCCCCCCC. The average Bonchev–Trinajstić information content (AvgIpc) is 3.70. The second-order valence-electron chi connectivity index (χ2n) is 24.7. The summed E-state index contributed by atoms with van der Waals surface area (Å²) in [5.74, 6) is -1.39. The molecule has 0 rings (SSSR count). The molecule has 0 aromatic rings. The van der Waals surface area contributed by atoms with Gasteiger partial charge in [0.1, 0.15) is 19.3 Å². The van der Waals surface area contributed by atoms with E-state index in [1.165, 1.54) is 161 Å². The smallest absolute Gasteiger partial charge is 0.462 e. The highest BCUT2D eigenvalue weighted by Crippen LogP contribution is 2.45. The van der Waals surface area contributed by atoms with Crippen LogP contribution < -0.4 is 0 Å². The Balaban J connectivity index is 5.21. The quantitative estimate of drug-likeness (QED) is 0.0222. The van der Waals surface area contributed by atoms with Crippen LogP contribution in [0.4, 0.5) is 0 Å². The van der Waals surface area contributed by atoms with Gasteiger partial charge in [0.05, 0.1) is 26.4 Å². The van der Waals surface area contributed by atoms with E-state index in [-0.39, 0.29) is 25.7 Å². The predicted molar refractivity (Wildman–Crippen MR) is 345 cm³/mol. The fraction of sp³-hybridized carbons (Fsp3) is 0.940. The zero-order chi connectivity index (χ0) is 63.5. The van der Waals surface area contributed by atoms with Crippen LogP contribution in [-0.2, 0) is 65.4 Å². The maximum atomic E-state index is 13.0. The highest BCUT2D eigenvalue weighted by molar-refractivity contribution is 7.47. The van der Waals surface area contributed by atoms with Gasteiger partial charge >= 0.3 is 39.5 Å². The number of aliphatic hydroxyl groups excluding tert-OH is 1. The van der Waals surface area contributed by atoms with Gasteiger partial charge in [-0.05, 0) is 31.6 Å².